The topological polar surface area (TPSA) is 107 Å². The molecular weight excluding hydrogens is 354 g/mol. The van der Waals surface area contributed by atoms with Crippen molar-refractivity contribution in [3.8, 4) is 0 Å². The lowest BCUT2D eigenvalue weighted by Crippen LogP contribution is -2.44. The SMILES string of the molecule is C=C(F)C(=O)OC(C(=O)OCC(F)(F)S(=O)(=O)O)C(F)(F)F. The molecule has 0 radical (unpaired) electrons. The number of alkyl halides is 5. The van der Waals surface area contributed by atoms with Crippen molar-refractivity contribution in [1.29, 1.82) is 0 Å². The molecule has 1 unspecified atom stereocenters. The van der Waals surface area contributed by atoms with E-state index < -0.39 is 52.0 Å². The van der Waals surface area contributed by atoms with Crippen LogP contribution in [0.15, 0.2) is 12.4 Å². The molecule has 0 saturated heterocycles. The third-order valence-electron chi connectivity index (χ3n) is 1.72. The Balaban J connectivity index is 5.10. The van der Waals surface area contributed by atoms with Crippen LogP contribution in [0.1, 0.15) is 0 Å². The van der Waals surface area contributed by atoms with Crippen LogP contribution >= 0.6 is 0 Å². The van der Waals surface area contributed by atoms with Gasteiger partial charge in [0.2, 0.25) is 5.83 Å². The Morgan fingerprint density at radius 2 is 1.64 bits per heavy atom. The Bertz CT molecular complexity index is 566. The van der Waals surface area contributed by atoms with Crippen LogP contribution in [0, 0.1) is 0 Å². The highest BCUT2D eigenvalue weighted by molar-refractivity contribution is 7.86. The second-order valence-electron chi connectivity index (χ2n) is 3.45. The van der Waals surface area contributed by atoms with E-state index in [1.54, 1.807) is 0 Å². The highest BCUT2D eigenvalue weighted by Crippen LogP contribution is 2.26. The van der Waals surface area contributed by atoms with Crippen molar-refractivity contribution >= 4 is 22.1 Å². The van der Waals surface area contributed by atoms with Crippen LogP contribution in [-0.4, -0.2) is 49.1 Å². The summed E-state index contributed by atoms with van der Waals surface area (Å²) in [6, 6.07) is 0. The molecule has 0 fully saturated rings. The second-order valence-corrected chi connectivity index (χ2v) is 5.00. The van der Waals surface area contributed by atoms with Gasteiger partial charge in [0.05, 0.1) is 0 Å². The summed E-state index contributed by atoms with van der Waals surface area (Å²) in [6.07, 6.45) is -9.47. The molecule has 0 bridgehead atoms. The molecule has 0 spiro atoms. The smallest absolute Gasteiger partial charge is 0.436 e. The molecule has 0 aliphatic carbocycles. The number of halogens is 6. The van der Waals surface area contributed by atoms with Crippen LogP contribution in [-0.2, 0) is 29.2 Å². The number of hydrogen-bond acceptors (Lipinski definition) is 6. The van der Waals surface area contributed by atoms with E-state index in [1.807, 2.05) is 0 Å². The second kappa shape index (κ2) is 6.51. The van der Waals surface area contributed by atoms with Crippen LogP contribution in [0.3, 0.4) is 0 Å². The summed E-state index contributed by atoms with van der Waals surface area (Å²) in [5.41, 5.74) is 0. The van der Waals surface area contributed by atoms with Gasteiger partial charge in [-0.05, 0) is 0 Å². The lowest BCUT2D eigenvalue weighted by atomic mass is 10.3. The summed E-state index contributed by atoms with van der Waals surface area (Å²) in [5, 5.41) is -5.10. The first-order valence-corrected chi connectivity index (χ1v) is 6.17. The van der Waals surface area contributed by atoms with E-state index >= 15 is 0 Å². The zero-order valence-electron chi connectivity index (χ0n) is 10.1. The molecule has 0 aliphatic rings. The Morgan fingerprint density at radius 1 is 1.18 bits per heavy atom. The van der Waals surface area contributed by atoms with Gasteiger partial charge in [0.15, 0.2) is 6.61 Å². The monoisotopic (exact) mass is 360 g/mol. The van der Waals surface area contributed by atoms with Crippen molar-refractivity contribution in [2.45, 2.75) is 17.5 Å². The first-order chi connectivity index (χ1) is 9.59. The summed E-state index contributed by atoms with van der Waals surface area (Å²) >= 11 is 0. The van der Waals surface area contributed by atoms with Gasteiger partial charge < -0.3 is 9.47 Å². The van der Waals surface area contributed by atoms with E-state index in [1.165, 1.54) is 0 Å². The zero-order valence-corrected chi connectivity index (χ0v) is 10.9. The minimum atomic E-state index is -6.07. The average Bonchev–Trinajstić information content (AvgIpc) is 2.29. The van der Waals surface area contributed by atoms with Crippen LogP contribution < -0.4 is 0 Å². The van der Waals surface area contributed by atoms with Crippen molar-refractivity contribution in [3.05, 3.63) is 12.4 Å². The van der Waals surface area contributed by atoms with E-state index in [0.29, 0.717) is 0 Å². The predicted octanol–water partition coefficient (Wildman–Crippen LogP) is 0.968. The minimum absolute atomic E-state index is 2.02. The van der Waals surface area contributed by atoms with Gasteiger partial charge in [-0.25, -0.2) is 9.59 Å². The number of ether oxygens (including phenoxy) is 2. The molecule has 0 aromatic carbocycles. The quantitative estimate of drug-likeness (QED) is 0.325. The fraction of sp³-hybridized carbons (Fsp3) is 0.500. The molecule has 1 atom stereocenters. The molecule has 0 aliphatic heterocycles. The fourth-order valence-corrected chi connectivity index (χ4v) is 0.933. The van der Waals surface area contributed by atoms with Crippen molar-refractivity contribution in [2.24, 2.45) is 0 Å². The number of carbonyl (C=O) groups is 2. The molecule has 0 rings (SSSR count). The number of esters is 2. The molecule has 22 heavy (non-hydrogen) atoms. The molecule has 7 nitrogen and oxygen atoms in total. The van der Waals surface area contributed by atoms with E-state index in [-0.39, 0.29) is 0 Å². The molecule has 0 saturated carbocycles. The summed E-state index contributed by atoms with van der Waals surface area (Å²) in [7, 11) is -6.07. The van der Waals surface area contributed by atoms with Crippen LogP contribution in [0.5, 0.6) is 0 Å². The summed E-state index contributed by atoms with van der Waals surface area (Å²) in [6.45, 7) is -0.221. The summed E-state index contributed by atoms with van der Waals surface area (Å²) < 4.78 is 110. The minimum Gasteiger partial charge on any atom is -0.455 e. The highest BCUT2D eigenvalue weighted by atomic mass is 32.2. The van der Waals surface area contributed by atoms with Gasteiger partial charge in [-0.3, -0.25) is 4.55 Å². The molecule has 0 aromatic heterocycles. The number of rotatable bonds is 6. The molecular formula is C8H6F6O7S. The largest absolute Gasteiger partial charge is 0.455 e. The predicted molar refractivity (Wildman–Crippen MR) is 53.6 cm³/mol. The Kier molecular flexibility index (Phi) is 5.97. The van der Waals surface area contributed by atoms with Crippen molar-refractivity contribution < 1.29 is 58.4 Å². The van der Waals surface area contributed by atoms with Gasteiger partial charge in [-0.2, -0.15) is 34.8 Å². The van der Waals surface area contributed by atoms with Gasteiger partial charge in [-0.1, -0.05) is 6.58 Å². The standard InChI is InChI=1S/C8H6F6O7S/c1-3(9)5(15)21-4(8(12,13)14)6(16)20-2-7(10,11)22(17,18)19/h4H,1-2H2,(H,17,18,19). The zero-order chi connectivity index (χ0) is 17.9. The number of carbonyl (C=O) groups excluding carboxylic acids is 2. The molecule has 0 heterocycles. The lowest BCUT2D eigenvalue weighted by Gasteiger charge is -2.20. The van der Waals surface area contributed by atoms with Gasteiger partial charge in [0.25, 0.3) is 6.10 Å². The van der Waals surface area contributed by atoms with Crippen LogP contribution in [0.25, 0.3) is 0 Å². The van der Waals surface area contributed by atoms with Crippen molar-refractivity contribution in [2.75, 3.05) is 6.61 Å². The van der Waals surface area contributed by atoms with E-state index in [4.69, 9.17) is 4.55 Å². The van der Waals surface area contributed by atoms with Crippen molar-refractivity contribution in [3.63, 3.8) is 0 Å². The maximum Gasteiger partial charge on any atom is 0.436 e. The Labute approximate surface area is 118 Å². The maximum absolute atomic E-state index is 12.7. The van der Waals surface area contributed by atoms with Gasteiger partial charge >= 0.3 is 33.5 Å². The first-order valence-electron chi connectivity index (χ1n) is 4.73. The van der Waals surface area contributed by atoms with E-state index in [9.17, 15) is 44.3 Å². The van der Waals surface area contributed by atoms with Gasteiger partial charge in [0.1, 0.15) is 0 Å². The van der Waals surface area contributed by atoms with Crippen molar-refractivity contribution in [1.82, 2.24) is 0 Å². The molecule has 0 aromatic rings. The summed E-state index contributed by atoms with van der Waals surface area (Å²) in [4.78, 5) is 21.5. The molecule has 14 heteroatoms. The van der Waals surface area contributed by atoms with Crippen LogP contribution in [0.4, 0.5) is 26.3 Å². The molecule has 128 valence electrons. The Morgan fingerprint density at radius 3 is 1.95 bits per heavy atom. The number of hydrogen-bond donors (Lipinski definition) is 1. The third-order valence-corrected chi connectivity index (χ3v) is 2.59. The van der Waals surface area contributed by atoms with Gasteiger partial charge in [0, 0.05) is 0 Å². The molecule has 1 N–H and O–H groups in total. The van der Waals surface area contributed by atoms with E-state index in [2.05, 4.69) is 16.1 Å². The summed E-state index contributed by atoms with van der Waals surface area (Å²) in [5.74, 6) is -7.00. The first kappa shape index (κ1) is 20.2. The van der Waals surface area contributed by atoms with E-state index in [0.717, 1.165) is 0 Å². The van der Waals surface area contributed by atoms with Crippen LogP contribution in [0.2, 0.25) is 0 Å². The fourth-order valence-electron chi connectivity index (χ4n) is 0.725. The lowest BCUT2D eigenvalue weighted by molar-refractivity contribution is -0.230. The van der Waals surface area contributed by atoms with Gasteiger partial charge in [-0.15, -0.1) is 0 Å². The molecule has 0 amide bonds. The third kappa shape index (κ3) is 5.51. The maximum atomic E-state index is 12.7. The highest BCUT2D eigenvalue weighted by Gasteiger charge is 2.52. The Hall–Kier alpha value is -1.83. The average molecular weight is 360 g/mol. The normalized spacial score (nSPS) is 14.1.